The number of rotatable bonds is 8. The van der Waals surface area contributed by atoms with Crippen LogP contribution in [0.5, 0.6) is 0 Å². The third kappa shape index (κ3) is 6.48. The van der Waals surface area contributed by atoms with Gasteiger partial charge >= 0.3 is 5.69 Å². The highest BCUT2D eigenvalue weighted by Crippen LogP contribution is 2.07. The van der Waals surface area contributed by atoms with Gasteiger partial charge in [0.05, 0.1) is 4.92 Å². The highest BCUT2D eigenvalue weighted by Gasteiger charge is 2.10. The Bertz CT molecular complexity index is 437. The van der Waals surface area contributed by atoms with Gasteiger partial charge in [-0.2, -0.15) is 5.10 Å². The van der Waals surface area contributed by atoms with E-state index in [-0.39, 0.29) is 36.5 Å². The average Bonchev–Trinajstić information content (AvgIpc) is 2.83. The molecular formula is C11H20ClN5O3. The SMILES string of the molecule is CCN[C@H](C)CNC(=O)CCn1cc([N+](=O)[O-])cn1.Cl. The van der Waals surface area contributed by atoms with E-state index in [0.717, 1.165) is 6.54 Å². The van der Waals surface area contributed by atoms with Crippen LogP contribution in [0, 0.1) is 10.1 Å². The van der Waals surface area contributed by atoms with Crippen LogP contribution in [0.25, 0.3) is 0 Å². The molecule has 0 saturated carbocycles. The molecule has 0 radical (unpaired) electrons. The first-order valence-electron chi connectivity index (χ1n) is 6.19. The van der Waals surface area contributed by atoms with E-state index in [1.54, 1.807) is 0 Å². The predicted octanol–water partition coefficient (Wildman–Crippen LogP) is 0.717. The summed E-state index contributed by atoms with van der Waals surface area (Å²) in [4.78, 5) is 21.5. The van der Waals surface area contributed by atoms with Gasteiger partial charge in [-0.3, -0.25) is 19.6 Å². The lowest BCUT2D eigenvalue weighted by Crippen LogP contribution is -2.39. The molecule has 1 heterocycles. The van der Waals surface area contributed by atoms with Gasteiger partial charge < -0.3 is 10.6 Å². The molecule has 0 aliphatic heterocycles. The molecule has 1 atom stereocenters. The van der Waals surface area contributed by atoms with E-state index >= 15 is 0 Å². The smallest absolute Gasteiger partial charge is 0.306 e. The van der Waals surface area contributed by atoms with Crippen LogP contribution in [0.4, 0.5) is 5.69 Å². The summed E-state index contributed by atoms with van der Waals surface area (Å²) in [6.45, 7) is 5.73. The Kier molecular flexibility index (Phi) is 8.49. The quantitative estimate of drug-likeness (QED) is 0.544. The van der Waals surface area contributed by atoms with Gasteiger partial charge in [0.25, 0.3) is 0 Å². The van der Waals surface area contributed by atoms with Crippen molar-refractivity contribution < 1.29 is 9.72 Å². The third-order valence-electron chi connectivity index (χ3n) is 2.56. The van der Waals surface area contributed by atoms with E-state index in [9.17, 15) is 14.9 Å². The number of aryl methyl sites for hydroxylation is 1. The Balaban J connectivity index is 0.00000361. The lowest BCUT2D eigenvalue weighted by atomic mass is 10.3. The van der Waals surface area contributed by atoms with Crippen molar-refractivity contribution in [1.29, 1.82) is 0 Å². The molecule has 0 aliphatic rings. The van der Waals surface area contributed by atoms with Crippen molar-refractivity contribution in [3.63, 3.8) is 0 Å². The van der Waals surface area contributed by atoms with Crippen LogP contribution < -0.4 is 10.6 Å². The van der Waals surface area contributed by atoms with Crippen LogP contribution >= 0.6 is 12.4 Å². The normalized spacial score (nSPS) is 11.5. The second kappa shape index (κ2) is 9.27. The van der Waals surface area contributed by atoms with Crippen molar-refractivity contribution in [1.82, 2.24) is 20.4 Å². The first-order chi connectivity index (χ1) is 9.02. The molecule has 2 N–H and O–H groups in total. The second-order valence-corrected chi connectivity index (χ2v) is 4.23. The summed E-state index contributed by atoms with van der Waals surface area (Å²) in [5.74, 6) is -0.0945. The number of carbonyl (C=O) groups is 1. The Morgan fingerprint density at radius 2 is 2.30 bits per heavy atom. The Labute approximate surface area is 123 Å². The number of nitrogens with one attached hydrogen (secondary N) is 2. The average molecular weight is 306 g/mol. The van der Waals surface area contributed by atoms with Gasteiger partial charge in [-0.25, -0.2) is 0 Å². The third-order valence-corrected chi connectivity index (χ3v) is 2.56. The van der Waals surface area contributed by atoms with E-state index in [1.807, 2.05) is 13.8 Å². The van der Waals surface area contributed by atoms with Gasteiger partial charge in [-0.15, -0.1) is 12.4 Å². The first-order valence-corrected chi connectivity index (χ1v) is 6.19. The summed E-state index contributed by atoms with van der Waals surface area (Å²) in [5, 5.41) is 20.2. The fourth-order valence-corrected chi connectivity index (χ4v) is 1.56. The summed E-state index contributed by atoms with van der Waals surface area (Å²) in [7, 11) is 0. The van der Waals surface area contributed by atoms with Crippen LogP contribution in [0.15, 0.2) is 12.4 Å². The van der Waals surface area contributed by atoms with Gasteiger partial charge in [-0.05, 0) is 13.5 Å². The molecule has 0 aliphatic carbocycles. The number of amides is 1. The molecule has 0 aromatic carbocycles. The molecule has 8 nitrogen and oxygen atoms in total. The highest BCUT2D eigenvalue weighted by molar-refractivity contribution is 5.85. The van der Waals surface area contributed by atoms with Crippen LogP contribution in [0.3, 0.4) is 0 Å². The lowest BCUT2D eigenvalue weighted by Gasteiger charge is -2.13. The van der Waals surface area contributed by atoms with Crippen LogP contribution in [0.2, 0.25) is 0 Å². The largest absolute Gasteiger partial charge is 0.354 e. The molecule has 0 bridgehead atoms. The Hall–Kier alpha value is -1.67. The van der Waals surface area contributed by atoms with Crippen molar-refractivity contribution in [3.8, 4) is 0 Å². The maximum absolute atomic E-state index is 11.6. The van der Waals surface area contributed by atoms with Crippen LogP contribution in [-0.2, 0) is 11.3 Å². The number of nitrogens with zero attached hydrogens (tertiary/aromatic N) is 3. The van der Waals surface area contributed by atoms with E-state index in [4.69, 9.17) is 0 Å². The lowest BCUT2D eigenvalue weighted by molar-refractivity contribution is -0.385. The zero-order valence-electron chi connectivity index (χ0n) is 11.5. The van der Waals surface area contributed by atoms with Gasteiger partial charge in [0.15, 0.2) is 0 Å². The molecule has 1 aromatic rings. The Morgan fingerprint density at radius 1 is 1.60 bits per heavy atom. The monoisotopic (exact) mass is 305 g/mol. The first kappa shape index (κ1) is 18.3. The van der Waals surface area contributed by atoms with Crippen molar-refractivity contribution in [2.45, 2.75) is 32.9 Å². The van der Waals surface area contributed by atoms with E-state index in [0.29, 0.717) is 13.1 Å². The number of aromatic nitrogens is 2. The summed E-state index contributed by atoms with van der Waals surface area (Å²) in [6.07, 6.45) is 2.73. The number of hydrogen-bond acceptors (Lipinski definition) is 5. The topological polar surface area (TPSA) is 102 Å². The van der Waals surface area contributed by atoms with Crippen molar-refractivity contribution in [3.05, 3.63) is 22.5 Å². The van der Waals surface area contributed by atoms with E-state index in [2.05, 4.69) is 15.7 Å². The fourth-order valence-electron chi connectivity index (χ4n) is 1.56. The van der Waals surface area contributed by atoms with Gasteiger partial charge in [0.1, 0.15) is 12.4 Å². The molecule has 20 heavy (non-hydrogen) atoms. The maximum Gasteiger partial charge on any atom is 0.306 e. The fraction of sp³-hybridized carbons (Fsp3) is 0.636. The Morgan fingerprint density at radius 3 is 2.85 bits per heavy atom. The van der Waals surface area contributed by atoms with E-state index < -0.39 is 4.92 Å². The number of likely N-dealkylation sites (N-methyl/N-ethyl adjacent to an activating group) is 1. The van der Waals surface area contributed by atoms with Gasteiger partial charge in [0.2, 0.25) is 5.91 Å². The summed E-state index contributed by atoms with van der Waals surface area (Å²) in [6, 6.07) is 0.222. The van der Waals surface area contributed by atoms with Gasteiger partial charge in [-0.1, -0.05) is 6.92 Å². The molecule has 1 rings (SSSR count). The van der Waals surface area contributed by atoms with Crippen molar-refractivity contribution >= 4 is 24.0 Å². The number of carbonyl (C=O) groups excluding carboxylic acids is 1. The number of nitro groups is 1. The molecular weight excluding hydrogens is 286 g/mol. The molecule has 9 heteroatoms. The molecule has 1 amide bonds. The number of halogens is 1. The molecule has 1 aromatic heterocycles. The molecule has 0 spiro atoms. The van der Waals surface area contributed by atoms with Gasteiger partial charge in [0, 0.05) is 25.6 Å². The number of hydrogen-bond donors (Lipinski definition) is 2. The van der Waals surface area contributed by atoms with Crippen LogP contribution in [0.1, 0.15) is 20.3 Å². The van der Waals surface area contributed by atoms with Crippen molar-refractivity contribution in [2.75, 3.05) is 13.1 Å². The summed E-state index contributed by atoms with van der Waals surface area (Å²) >= 11 is 0. The summed E-state index contributed by atoms with van der Waals surface area (Å²) in [5.41, 5.74) is -0.0684. The zero-order chi connectivity index (χ0) is 14.3. The maximum atomic E-state index is 11.6. The summed E-state index contributed by atoms with van der Waals surface area (Å²) < 4.78 is 1.39. The minimum atomic E-state index is -0.512. The minimum Gasteiger partial charge on any atom is -0.354 e. The van der Waals surface area contributed by atoms with E-state index in [1.165, 1.54) is 17.1 Å². The predicted molar refractivity (Wildman–Crippen MR) is 76.9 cm³/mol. The second-order valence-electron chi connectivity index (χ2n) is 4.23. The minimum absolute atomic E-state index is 0. The molecule has 0 saturated heterocycles. The molecule has 114 valence electrons. The van der Waals surface area contributed by atoms with Crippen molar-refractivity contribution in [2.24, 2.45) is 0 Å². The standard InChI is InChI=1S/C11H19N5O3.ClH/c1-3-12-9(2)6-13-11(17)4-5-15-8-10(7-14-15)16(18)19;/h7-9,12H,3-6H2,1-2H3,(H,13,17);1H/t9-;/m1./s1. The van der Waals surface area contributed by atoms with Crippen LogP contribution in [-0.4, -0.2) is 39.7 Å². The molecule has 0 unspecified atom stereocenters. The molecule has 0 fully saturated rings. The highest BCUT2D eigenvalue weighted by atomic mass is 35.5. The zero-order valence-corrected chi connectivity index (χ0v) is 12.4.